The fourth-order valence-electron chi connectivity index (χ4n) is 2.81. The van der Waals surface area contributed by atoms with Crippen LogP contribution in [-0.2, 0) is 5.41 Å². The van der Waals surface area contributed by atoms with E-state index < -0.39 is 0 Å². The van der Waals surface area contributed by atoms with E-state index in [1.807, 2.05) is 13.0 Å². The smallest absolute Gasteiger partial charge is 0.271 e. The van der Waals surface area contributed by atoms with Crippen molar-refractivity contribution in [1.29, 1.82) is 0 Å². The number of nitrogens with zero attached hydrogens (tertiary/aromatic N) is 2. The number of amides is 1. The lowest BCUT2D eigenvalue weighted by Crippen LogP contribution is -2.45. The summed E-state index contributed by atoms with van der Waals surface area (Å²) in [6.07, 6.45) is 6.61. The quantitative estimate of drug-likeness (QED) is 0.937. The van der Waals surface area contributed by atoms with Gasteiger partial charge in [0.15, 0.2) is 0 Å². The molecule has 0 spiro atoms. The predicted octanol–water partition coefficient (Wildman–Crippen LogP) is 2.64. The maximum Gasteiger partial charge on any atom is 0.271 e. The zero-order valence-corrected chi connectivity index (χ0v) is 12.2. The molecule has 0 aliphatic heterocycles. The second kappa shape index (κ2) is 5.64. The summed E-state index contributed by atoms with van der Waals surface area (Å²) in [7, 11) is 0. The molecule has 1 aliphatic carbocycles. The fraction of sp³-hybridized carbons (Fsp3) is 0.353. The number of hydrogen-bond acceptors (Lipinski definition) is 3. The van der Waals surface area contributed by atoms with Gasteiger partial charge in [-0.25, -0.2) is 4.98 Å². The third-order valence-electron chi connectivity index (χ3n) is 4.30. The van der Waals surface area contributed by atoms with E-state index in [4.69, 9.17) is 0 Å². The molecule has 1 N–H and O–H groups in total. The molecule has 1 aliphatic rings. The molecule has 2 aromatic rings. The molecule has 108 valence electrons. The van der Waals surface area contributed by atoms with E-state index in [0.29, 0.717) is 12.2 Å². The first-order valence-electron chi connectivity index (χ1n) is 7.32. The molecule has 0 atom stereocenters. The Kier molecular flexibility index (Phi) is 3.69. The maximum absolute atomic E-state index is 12.2. The zero-order valence-electron chi connectivity index (χ0n) is 12.2. The van der Waals surface area contributed by atoms with Gasteiger partial charge in [-0.3, -0.25) is 9.78 Å². The highest BCUT2D eigenvalue weighted by atomic mass is 16.1. The monoisotopic (exact) mass is 281 g/mol. The lowest BCUT2D eigenvalue weighted by Gasteiger charge is -2.42. The van der Waals surface area contributed by atoms with E-state index in [2.05, 4.69) is 39.6 Å². The summed E-state index contributed by atoms with van der Waals surface area (Å²) in [5, 5.41) is 3.02. The predicted molar refractivity (Wildman–Crippen MR) is 81.1 cm³/mol. The number of aromatic nitrogens is 2. The molecule has 1 aromatic carbocycles. The van der Waals surface area contributed by atoms with Gasteiger partial charge in [0, 0.05) is 18.2 Å². The van der Waals surface area contributed by atoms with Crippen LogP contribution < -0.4 is 5.32 Å². The molecule has 1 aromatic heterocycles. The maximum atomic E-state index is 12.2. The average Bonchev–Trinajstić information content (AvgIpc) is 2.48. The average molecular weight is 281 g/mol. The van der Waals surface area contributed by atoms with Crippen molar-refractivity contribution in [2.24, 2.45) is 0 Å². The van der Waals surface area contributed by atoms with Gasteiger partial charge in [-0.05, 0) is 25.3 Å². The highest BCUT2D eigenvalue weighted by Gasteiger charge is 2.38. The van der Waals surface area contributed by atoms with Crippen LogP contribution in [0.3, 0.4) is 0 Å². The third kappa shape index (κ3) is 2.79. The van der Waals surface area contributed by atoms with Crippen LogP contribution in [0.1, 0.15) is 41.0 Å². The van der Waals surface area contributed by atoms with Crippen molar-refractivity contribution in [3.05, 3.63) is 59.7 Å². The van der Waals surface area contributed by atoms with Gasteiger partial charge >= 0.3 is 0 Å². The topological polar surface area (TPSA) is 54.9 Å². The number of carbonyl (C=O) groups excluding carboxylic acids is 1. The molecule has 0 unspecified atom stereocenters. The van der Waals surface area contributed by atoms with Crippen molar-refractivity contribution in [2.45, 2.75) is 31.6 Å². The Morgan fingerprint density at radius 3 is 2.52 bits per heavy atom. The van der Waals surface area contributed by atoms with Crippen LogP contribution in [0.5, 0.6) is 0 Å². The van der Waals surface area contributed by atoms with Crippen molar-refractivity contribution in [3.63, 3.8) is 0 Å². The first kappa shape index (κ1) is 13.7. The number of aryl methyl sites for hydroxylation is 1. The molecule has 0 radical (unpaired) electrons. The Morgan fingerprint density at radius 2 is 1.95 bits per heavy atom. The Balaban J connectivity index is 1.68. The van der Waals surface area contributed by atoms with Crippen LogP contribution in [-0.4, -0.2) is 22.4 Å². The second-order valence-corrected chi connectivity index (χ2v) is 5.73. The van der Waals surface area contributed by atoms with Gasteiger partial charge in [0.1, 0.15) is 5.69 Å². The molecular formula is C17H19N3O. The molecule has 21 heavy (non-hydrogen) atoms. The summed E-state index contributed by atoms with van der Waals surface area (Å²) in [5.74, 6) is -0.148. The summed E-state index contributed by atoms with van der Waals surface area (Å²) in [4.78, 5) is 20.4. The van der Waals surface area contributed by atoms with Crippen LogP contribution in [0.4, 0.5) is 0 Å². The molecule has 0 bridgehead atoms. The fourth-order valence-corrected chi connectivity index (χ4v) is 2.81. The summed E-state index contributed by atoms with van der Waals surface area (Å²) < 4.78 is 0. The van der Waals surface area contributed by atoms with Gasteiger partial charge < -0.3 is 5.32 Å². The highest BCUT2D eigenvalue weighted by Crippen LogP contribution is 2.43. The lowest BCUT2D eigenvalue weighted by molar-refractivity contribution is 0.0922. The second-order valence-electron chi connectivity index (χ2n) is 5.73. The Hall–Kier alpha value is -2.23. The minimum Gasteiger partial charge on any atom is -0.350 e. The summed E-state index contributed by atoms with van der Waals surface area (Å²) >= 11 is 0. The van der Waals surface area contributed by atoms with Crippen LogP contribution >= 0.6 is 0 Å². The minimum atomic E-state index is -0.148. The highest BCUT2D eigenvalue weighted by molar-refractivity contribution is 5.91. The van der Waals surface area contributed by atoms with E-state index in [1.165, 1.54) is 18.2 Å². The first-order chi connectivity index (χ1) is 10.2. The van der Waals surface area contributed by atoms with E-state index >= 15 is 0 Å². The number of nitrogens with one attached hydrogen (secondary N) is 1. The van der Waals surface area contributed by atoms with Crippen LogP contribution in [0, 0.1) is 6.92 Å². The molecule has 3 rings (SSSR count). The Morgan fingerprint density at radius 1 is 1.19 bits per heavy atom. The Labute approximate surface area is 124 Å². The van der Waals surface area contributed by atoms with Gasteiger partial charge in [-0.15, -0.1) is 0 Å². The first-order valence-corrected chi connectivity index (χ1v) is 7.32. The van der Waals surface area contributed by atoms with Crippen LogP contribution in [0.15, 0.2) is 42.7 Å². The number of carbonyl (C=O) groups is 1. The molecular weight excluding hydrogens is 262 g/mol. The van der Waals surface area contributed by atoms with E-state index in [1.54, 1.807) is 6.20 Å². The third-order valence-corrected chi connectivity index (χ3v) is 4.30. The molecule has 1 heterocycles. The largest absolute Gasteiger partial charge is 0.350 e. The molecule has 0 saturated heterocycles. The van der Waals surface area contributed by atoms with Crippen LogP contribution in [0.2, 0.25) is 0 Å². The Bertz CT molecular complexity index is 618. The molecule has 1 amide bonds. The SMILES string of the molecule is Cc1cnc(C(=O)NCC2(c3ccccc3)CCC2)cn1. The van der Waals surface area contributed by atoms with Gasteiger partial charge in [0.05, 0.1) is 11.9 Å². The zero-order chi connectivity index (χ0) is 14.7. The van der Waals surface area contributed by atoms with Crippen molar-refractivity contribution in [2.75, 3.05) is 6.54 Å². The van der Waals surface area contributed by atoms with Crippen molar-refractivity contribution in [3.8, 4) is 0 Å². The standard InChI is InChI=1S/C17H19N3O/c1-13-10-19-15(11-18-13)16(21)20-12-17(8-5-9-17)14-6-3-2-4-7-14/h2-4,6-7,10-11H,5,8-9,12H2,1H3,(H,20,21). The van der Waals surface area contributed by atoms with Gasteiger partial charge in [-0.1, -0.05) is 36.8 Å². The van der Waals surface area contributed by atoms with Gasteiger partial charge in [0.2, 0.25) is 0 Å². The van der Waals surface area contributed by atoms with E-state index in [-0.39, 0.29) is 11.3 Å². The van der Waals surface area contributed by atoms with Crippen molar-refractivity contribution in [1.82, 2.24) is 15.3 Å². The number of rotatable bonds is 4. The van der Waals surface area contributed by atoms with E-state index in [9.17, 15) is 4.79 Å². The summed E-state index contributed by atoms with van der Waals surface area (Å²) in [6, 6.07) is 10.4. The molecule has 1 saturated carbocycles. The molecule has 1 fully saturated rings. The van der Waals surface area contributed by atoms with Crippen molar-refractivity contribution < 1.29 is 4.79 Å². The number of benzene rings is 1. The van der Waals surface area contributed by atoms with Gasteiger partial charge in [0.25, 0.3) is 5.91 Å². The van der Waals surface area contributed by atoms with Crippen LogP contribution in [0.25, 0.3) is 0 Å². The molecule has 4 heteroatoms. The summed E-state index contributed by atoms with van der Waals surface area (Å²) in [5.41, 5.74) is 2.59. The lowest BCUT2D eigenvalue weighted by atomic mass is 9.64. The van der Waals surface area contributed by atoms with Gasteiger partial charge in [-0.2, -0.15) is 0 Å². The van der Waals surface area contributed by atoms with Crippen molar-refractivity contribution >= 4 is 5.91 Å². The van der Waals surface area contributed by atoms with E-state index in [0.717, 1.165) is 18.5 Å². The summed E-state index contributed by atoms with van der Waals surface area (Å²) in [6.45, 7) is 2.51. The molecule has 4 nitrogen and oxygen atoms in total. The number of hydrogen-bond donors (Lipinski definition) is 1. The minimum absolute atomic E-state index is 0.0923. The normalized spacial score (nSPS) is 16.0.